The SMILES string of the molecule is Cc1ccc(NC(=O)c2cc(C)ccc2NC(=O)c2ccc(CN(C)C3=NCCN3)cc2)nc1. The first-order chi connectivity index (χ1) is 16.4. The van der Waals surface area contributed by atoms with Crippen molar-refractivity contribution in [2.24, 2.45) is 4.99 Å². The molecule has 0 aliphatic carbocycles. The number of anilines is 2. The second-order valence-corrected chi connectivity index (χ2v) is 8.36. The highest BCUT2D eigenvalue weighted by Crippen LogP contribution is 2.20. The van der Waals surface area contributed by atoms with Crippen LogP contribution in [0.4, 0.5) is 11.5 Å². The number of amides is 2. The lowest BCUT2D eigenvalue weighted by Crippen LogP contribution is -2.35. The van der Waals surface area contributed by atoms with Crippen LogP contribution in [-0.2, 0) is 6.54 Å². The van der Waals surface area contributed by atoms with Gasteiger partial charge in [0.25, 0.3) is 11.8 Å². The zero-order chi connectivity index (χ0) is 24.1. The Hall–Kier alpha value is -4.20. The van der Waals surface area contributed by atoms with Gasteiger partial charge in [0.05, 0.1) is 17.8 Å². The standard InChI is InChI=1S/C26H28N6O2/c1-17-4-10-22(21(14-17)25(34)31-23-11-5-18(2)15-29-23)30-24(33)20-8-6-19(7-9-20)16-32(3)26-27-12-13-28-26/h4-11,14-15H,12-13,16H2,1-3H3,(H,27,28)(H,30,33)(H,29,31,34). The third-order valence-corrected chi connectivity index (χ3v) is 5.47. The first-order valence-electron chi connectivity index (χ1n) is 11.1. The summed E-state index contributed by atoms with van der Waals surface area (Å²) >= 11 is 0. The molecular weight excluding hydrogens is 428 g/mol. The average Bonchev–Trinajstić information content (AvgIpc) is 3.37. The number of carbonyl (C=O) groups excluding carboxylic acids is 2. The van der Waals surface area contributed by atoms with Crippen molar-refractivity contribution in [2.45, 2.75) is 20.4 Å². The highest BCUT2D eigenvalue weighted by atomic mass is 16.2. The van der Waals surface area contributed by atoms with Crippen molar-refractivity contribution >= 4 is 29.3 Å². The molecule has 174 valence electrons. The Morgan fingerprint density at radius 1 is 0.971 bits per heavy atom. The number of guanidine groups is 1. The molecule has 1 aromatic heterocycles. The molecule has 0 fully saturated rings. The number of nitrogens with zero attached hydrogens (tertiary/aromatic N) is 3. The predicted molar refractivity (Wildman–Crippen MR) is 134 cm³/mol. The van der Waals surface area contributed by atoms with Crippen molar-refractivity contribution in [3.8, 4) is 0 Å². The molecule has 8 heteroatoms. The molecule has 3 N–H and O–H groups in total. The fourth-order valence-corrected chi connectivity index (χ4v) is 3.63. The summed E-state index contributed by atoms with van der Waals surface area (Å²) in [6, 6.07) is 16.4. The number of aromatic nitrogens is 1. The van der Waals surface area contributed by atoms with Crippen molar-refractivity contribution in [1.29, 1.82) is 0 Å². The average molecular weight is 457 g/mol. The summed E-state index contributed by atoms with van der Waals surface area (Å²) in [5.74, 6) is 0.715. The van der Waals surface area contributed by atoms with Crippen LogP contribution in [0.3, 0.4) is 0 Å². The maximum absolute atomic E-state index is 12.9. The summed E-state index contributed by atoms with van der Waals surface area (Å²) in [4.78, 5) is 36.5. The normalized spacial score (nSPS) is 12.5. The highest BCUT2D eigenvalue weighted by Gasteiger charge is 2.16. The van der Waals surface area contributed by atoms with Gasteiger partial charge in [0, 0.05) is 31.9 Å². The van der Waals surface area contributed by atoms with E-state index in [9.17, 15) is 9.59 Å². The van der Waals surface area contributed by atoms with E-state index in [0.717, 1.165) is 35.7 Å². The zero-order valence-electron chi connectivity index (χ0n) is 19.6. The van der Waals surface area contributed by atoms with Gasteiger partial charge in [0.2, 0.25) is 0 Å². The molecule has 0 spiro atoms. The van der Waals surface area contributed by atoms with E-state index in [-0.39, 0.29) is 11.8 Å². The molecule has 2 aromatic carbocycles. The molecule has 2 heterocycles. The fourth-order valence-electron chi connectivity index (χ4n) is 3.63. The van der Waals surface area contributed by atoms with Crippen LogP contribution >= 0.6 is 0 Å². The molecule has 8 nitrogen and oxygen atoms in total. The van der Waals surface area contributed by atoms with Crippen molar-refractivity contribution in [3.63, 3.8) is 0 Å². The first-order valence-corrected chi connectivity index (χ1v) is 11.1. The number of nitrogens with one attached hydrogen (secondary N) is 3. The molecule has 34 heavy (non-hydrogen) atoms. The Kier molecular flexibility index (Phi) is 6.87. The van der Waals surface area contributed by atoms with Crippen LogP contribution in [-0.4, -0.2) is 47.8 Å². The number of benzene rings is 2. The molecule has 1 aliphatic rings. The predicted octanol–water partition coefficient (Wildman–Crippen LogP) is 3.59. The molecule has 1 aliphatic heterocycles. The zero-order valence-corrected chi connectivity index (χ0v) is 19.6. The number of aryl methyl sites for hydroxylation is 2. The monoisotopic (exact) mass is 456 g/mol. The molecule has 4 rings (SSSR count). The minimum atomic E-state index is -0.336. The van der Waals surface area contributed by atoms with Crippen LogP contribution in [0.25, 0.3) is 0 Å². The van der Waals surface area contributed by atoms with E-state index in [1.807, 2.05) is 50.1 Å². The lowest BCUT2D eigenvalue weighted by Gasteiger charge is -2.19. The molecule has 0 unspecified atom stereocenters. The molecule has 0 radical (unpaired) electrons. The van der Waals surface area contributed by atoms with Crippen LogP contribution in [0.5, 0.6) is 0 Å². The van der Waals surface area contributed by atoms with Crippen LogP contribution in [0.1, 0.15) is 37.4 Å². The lowest BCUT2D eigenvalue weighted by atomic mass is 10.1. The maximum Gasteiger partial charge on any atom is 0.258 e. The van der Waals surface area contributed by atoms with Crippen molar-refractivity contribution in [3.05, 3.63) is 88.6 Å². The van der Waals surface area contributed by atoms with Crippen molar-refractivity contribution in [1.82, 2.24) is 15.2 Å². The largest absolute Gasteiger partial charge is 0.354 e. The van der Waals surface area contributed by atoms with Crippen molar-refractivity contribution < 1.29 is 9.59 Å². The number of aliphatic imine (C=N–C) groups is 1. The van der Waals surface area contributed by atoms with E-state index in [4.69, 9.17) is 0 Å². The third kappa shape index (κ3) is 5.58. The van der Waals surface area contributed by atoms with Gasteiger partial charge in [-0.05, 0) is 55.3 Å². The second-order valence-electron chi connectivity index (χ2n) is 8.36. The van der Waals surface area contributed by atoms with Gasteiger partial charge in [-0.15, -0.1) is 0 Å². The Morgan fingerprint density at radius 2 is 1.74 bits per heavy atom. The maximum atomic E-state index is 12.9. The topological polar surface area (TPSA) is 98.7 Å². The molecule has 0 saturated heterocycles. The second kappa shape index (κ2) is 10.2. The number of carbonyl (C=O) groups is 2. The van der Waals surface area contributed by atoms with Gasteiger partial charge >= 0.3 is 0 Å². The van der Waals surface area contributed by atoms with Gasteiger partial charge in [-0.3, -0.25) is 14.6 Å². The van der Waals surface area contributed by atoms with Gasteiger partial charge in [-0.25, -0.2) is 4.98 Å². The number of rotatable bonds is 6. The minimum absolute atomic E-state index is 0.284. The lowest BCUT2D eigenvalue weighted by molar-refractivity contribution is 0.102. The van der Waals surface area contributed by atoms with Gasteiger partial charge < -0.3 is 20.9 Å². The number of pyridine rings is 1. The molecular formula is C26H28N6O2. The van der Waals surface area contributed by atoms with Crippen LogP contribution in [0.2, 0.25) is 0 Å². The van der Waals surface area contributed by atoms with Crippen LogP contribution in [0.15, 0.2) is 65.8 Å². The van der Waals surface area contributed by atoms with Gasteiger partial charge in [-0.1, -0.05) is 29.8 Å². The summed E-state index contributed by atoms with van der Waals surface area (Å²) in [6.07, 6.45) is 1.69. The smallest absolute Gasteiger partial charge is 0.258 e. The molecule has 2 amide bonds. The highest BCUT2D eigenvalue weighted by molar-refractivity contribution is 6.12. The molecule has 3 aromatic rings. The minimum Gasteiger partial charge on any atom is -0.354 e. The number of hydrogen-bond donors (Lipinski definition) is 3. The Labute approximate surface area is 199 Å². The van der Waals surface area contributed by atoms with E-state index < -0.39 is 0 Å². The summed E-state index contributed by atoms with van der Waals surface area (Å²) in [6.45, 7) is 6.16. The Morgan fingerprint density at radius 3 is 2.41 bits per heavy atom. The molecule has 0 bridgehead atoms. The fraction of sp³-hybridized carbons (Fsp3) is 0.231. The van der Waals surface area contributed by atoms with E-state index in [0.29, 0.717) is 29.2 Å². The van der Waals surface area contributed by atoms with E-state index in [1.54, 1.807) is 36.5 Å². The van der Waals surface area contributed by atoms with Gasteiger partial charge in [-0.2, -0.15) is 0 Å². The molecule has 0 atom stereocenters. The Balaban J connectivity index is 1.45. The van der Waals surface area contributed by atoms with Gasteiger partial charge in [0.15, 0.2) is 5.96 Å². The first kappa shape index (κ1) is 23.0. The number of hydrogen-bond acceptors (Lipinski definition) is 6. The van der Waals surface area contributed by atoms with Crippen LogP contribution < -0.4 is 16.0 Å². The van der Waals surface area contributed by atoms with Crippen molar-refractivity contribution in [2.75, 3.05) is 30.8 Å². The van der Waals surface area contributed by atoms with Crippen LogP contribution in [0, 0.1) is 13.8 Å². The summed E-state index contributed by atoms with van der Waals surface area (Å²) < 4.78 is 0. The summed E-state index contributed by atoms with van der Waals surface area (Å²) in [7, 11) is 1.98. The molecule has 0 saturated carbocycles. The van der Waals surface area contributed by atoms with E-state index in [1.165, 1.54) is 0 Å². The summed E-state index contributed by atoms with van der Waals surface area (Å²) in [5.41, 5.74) is 4.30. The van der Waals surface area contributed by atoms with E-state index >= 15 is 0 Å². The third-order valence-electron chi connectivity index (χ3n) is 5.47. The summed E-state index contributed by atoms with van der Waals surface area (Å²) in [5, 5.41) is 8.91. The Bertz CT molecular complexity index is 1220. The van der Waals surface area contributed by atoms with E-state index in [2.05, 4.69) is 25.9 Å². The van der Waals surface area contributed by atoms with Gasteiger partial charge in [0.1, 0.15) is 5.82 Å². The quantitative estimate of drug-likeness (QED) is 0.527.